The number of nitrogens with zero attached hydrogens (tertiary/aromatic N) is 1. The fraction of sp³-hybridized carbons (Fsp3) is 0.545. The van der Waals surface area contributed by atoms with Crippen LogP contribution in [0, 0.1) is 0 Å². The van der Waals surface area contributed by atoms with Gasteiger partial charge in [-0.25, -0.2) is 4.98 Å². The Morgan fingerprint density at radius 1 is 1.56 bits per heavy atom. The lowest BCUT2D eigenvalue weighted by Gasteiger charge is -2.25. The number of anilines is 1. The molecule has 0 bridgehead atoms. The summed E-state index contributed by atoms with van der Waals surface area (Å²) in [6.45, 7) is 7.44. The van der Waals surface area contributed by atoms with Gasteiger partial charge in [0.05, 0.1) is 15.1 Å². The lowest BCUT2D eigenvalue weighted by Crippen LogP contribution is -2.33. The fourth-order valence-electron chi connectivity index (χ4n) is 1.28. The molecule has 0 saturated heterocycles. The third-order valence-corrected chi connectivity index (χ3v) is 2.84. The Hall–Kier alpha value is -0.320. The van der Waals surface area contributed by atoms with Gasteiger partial charge < -0.3 is 10.1 Å². The number of pyridine rings is 1. The van der Waals surface area contributed by atoms with Crippen LogP contribution in [0.15, 0.2) is 16.7 Å². The Balaban J connectivity index is 2.61. The molecule has 0 atom stereocenters. The predicted molar refractivity (Wildman–Crippen MR) is 71.1 cm³/mol. The molecule has 1 aromatic heterocycles. The van der Waals surface area contributed by atoms with Crippen molar-refractivity contribution in [1.82, 2.24) is 4.98 Å². The quantitative estimate of drug-likeness (QED) is 0.900. The first kappa shape index (κ1) is 13.7. The summed E-state index contributed by atoms with van der Waals surface area (Å²) >= 11 is 9.22. The summed E-state index contributed by atoms with van der Waals surface area (Å²) in [6.07, 6.45) is 1.61. The largest absolute Gasteiger partial charge is 0.374 e. The SMILES string of the molecule is CCOC(C)(C)CNc1ncc(Cl)cc1Br. The second kappa shape index (κ2) is 5.84. The smallest absolute Gasteiger partial charge is 0.140 e. The van der Waals surface area contributed by atoms with Crippen molar-refractivity contribution in [3.05, 3.63) is 21.8 Å². The van der Waals surface area contributed by atoms with Crippen molar-refractivity contribution in [2.45, 2.75) is 26.4 Å². The molecular formula is C11H16BrClN2O. The summed E-state index contributed by atoms with van der Waals surface area (Å²) < 4.78 is 6.44. The Kier molecular flexibility index (Phi) is 5.02. The molecule has 5 heteroatoms. The van der Waals surface area contributed by atoms with E-state index in [1.807, 2.05) is 26.8 Å². The van der Waals surface area contributed by atoms with E-state index in [4.69, 9.17) is 16.3 Å². The van der Waals surface area contributed by atoms with Gasteiger partial charge >= 0.3 is 0 Å². The molecule has 0 unspecified atom stereocenters. The maximum Gasteiger partial charge on any atom is 0.140 e. The van der Waals surface area contributed by atoms with Gasteiger partial charge in [-0.05, 0) is 42.8 Å². The van der Waals surface area contributed by atoms with E-state index in [2.05, 4.69) is 26.2 Å². The average molecular weight is 308 g/mol. The monoisotopic (exact) mass is 306 g/mol. The van der Waals surface area contributed by atoms with Crippen LogP contribution in [-0.4, -0.2) is 23.7 Å². The number of rotatable bonds is 5. The third kappa shape index (κ3) is 4.28. The average Bonchev–Trinajstić information content (AvgIpc) is 2.16. The zero-order valence-corrected chi connectivity index (χ0v) is 12.0. The molecule has 0 radical (unpaired) electrons. The van der Waals surface area contributed by atoms with E-state index < -0.39 is 0 Å². The molecule has 1 heterocycles. The predicted octanol–water partition coefficient (Wildman–Crippen LogP) is 3.72. The summed E-state index contributed by atoms with van der Waals surface area (Å²) in [4.78, 5) is 4.20. The number of ether oxygens (including phenoxy) is 1. The molecule has 0 aromatic carbocycles. The van der Waals surface area contributed by atoms with Crippen LogP contribution in [0.1, 0.15) is 20.8 Å². The molecule has 0 aliphatic rings. The minimum Gasteiger partial charge on any atom is -0.374 e. The normalized spacial score (nSPS) is 11.6. The molecule has 0 amide bonds. The summed E-state index contributed by atoms with van der Waals surface area (Å²) in [5.41, 5.74) is -0.213. The maximum atomic E-state index is 5.81. The molecule has 90 valence electrons. The van der Waals surface area contributed by atoms with Gasteiger partial charge in [-0.1, -0.05) is 11.6 Å². The topological polar surface area (TPSA) is 34.1 Å². The molecule has 0 aliphatic carbocycles. The van der Waals surface area contributed by atoms with Gasteiger partial charge in [-0.2, -0.15) is 0 Å². The first-order valence-electron chi connectivity index (χ1n) is 5.13. The van der Waals surface area contributed by atoms with Crippen LogP contribution in [-0.2, 0) is 4.74 Å². The minimum absolute atomic E-state index is 0.213. The van der Waals surface area contributed by atoms with Crippen molar-refractivity contribution in [2.24, 2.45) is 0 Å². The van der Waals surface area contributed by atoms with Crippen molar-refractivity contribution in [3.63, 3.8) is 0 Å². The van der Waals surface area contributed by atoms with Crippen molar-refractivity contribution in [1.29, 1.82) is 0 Å². The van der Waals surface area contributed by atoms with Gasteiger partial charge in [0.1, 0.15) is 5.82 Å². The standard InChI is InChI=1S/C11H16BrClN2O/c1-4-16-11(2,3)7-15-10-9(12)5-8(13)6-14-10/h5-6H,4,7H2,1-3H3,(H,14,15). The van der Waals surface area contributed by atoms with Crippen LogP contribution >= 0.6 is 27.5 Å². The Morgan fingerprint density at radius 2 is 2.25 bits per heavy atom. The van der Waals surface area contributed by atoms with Gasteiger partial charge in [-0.15, -0.1) is 0 Å². The zero-order valence-electron chi connectivity index (χ0n) is 9.68. The first-order chi connectivity index (χ1) is 7.44. The van der Waals surface area contributed by atoms with Crippen LogP contribution in [0.3, 0.4) is 0 Å². The third-order valence-electron chi connectivity index (χ3n) is 2.02. The molecule has 3 nitrogen and oxygen atoms in total. The highest BCUT2D eigenvalue weighted by atomic mass is 79.9. The van der Waals surface area contributed by atoms with E-state index in [0.29, 0.717) is 18.2 Å². The highest BCUT2D eigenvalue weighted by Crippen LogP contribution is 2.23. The molecule has 1 aromatic rings. The van der Waals surface area contributed by atoms with Gasteiger partial charge in [-0.3, -0.25) is 0 Å². The highest BCUT2D eigenvalue weighted by molar-refractivity contribution is 9.10. The molecule has 0 fully saturated rings. The molecule has 16 heavy (non-hydrogen) atoms. The van der Waals surface area contributed by atoms with E-state index in [-0.39, 0.29) is 5.60 Å². The van der Waals surface area contributed by atoms with Crippen LogP contribution in [0.25, 0.3) is 0 Å². The number of hydrogen-bond donors (Lipinski definition) is 1. The van der Waals surface area contributed by atoms with Crippen LogP contribution in [0.5, 0.6) is 0 Å². The summed E-state index contributed by atoms with van der Waals surface area (Å²) in [7, 11) is 0. The van der Waals surface area contributed by atoms with Gasteiger partial charge in [0.2, 0.25) is 0 Å². The number of aromatic nitrogens is 1. The van der Waals surface area contributed by atoms with E-state index in [1.54, 1.807) is 6.20 Å². The van der Waals surface area contributed by atoms with Crippen LogP contribution in [0.2, 0.25) is 5.02 Å². The van der Waals surface area contributed by atoms with Crippen LogP contribution in [0.4, 0.5) is 5.82 Å². The Bertz CT molecular complexity index is 358. The molecule has 0 aliphatic heterocycles. The fourth-order valence-corrected chi connectivity index (χ4v) is 2.06. The molecular weight excluding hydrogens is 291 g/mol. The van der Waals surface area contributed by atoms with E-state index in [1.165, 1.54) is 0 Å². The second-order valence-electron chi connectivity index (χ2n) is 4.03. The van der Waals surface area contributed by atoms with E-state index in [0.717, 1.165) is 10.3 Å². The second-order valence-corrected chi connectivity index (χ2v) is 5.32. The van der Waals surface area contributed by atoms with Crippen molar-refractivity contribution in [3.8, 4) is 0 Å². The summed E-state index contributed by atoms with van der Waals surface area (Å²) in [5.74, 6) is 0.775. The Labute approximate surface area is 110 Å². The number of nitrogens with one attached hydrogen (secondary N) is 1. The molecule has 0 saturated carbocycles. The Morgan fingerprint density at radius 3 is 2.81 bits per heavy atom. The summed E-state index contributed by atoms with van der Waals surface area (Å²) in [5, 5.41) is 3.84. The van der Waals surface area contributed by atoms with Gasteiger partial charge in [0, 0.05) is 19.3 Å². The lowest BCUT2D eigenvalue weighted by atomic mass is 10.1. The molecule has 1 N–H and O–H groups in total. The number of hydrogen-bond acceptors (Lipinski definition) is 3. The van der Waals surface area contributed by atoms with E-state index in [9.17, 15) is 0 Å². The highest BCUT2D eigenvalue weighted by Gasteiger charge is 2.17. The minimum atomic E-state index is -0.213. The number of halogens is 2. The van der Waals surface area contributed by atoms with E-state index >= 15 is 0 Å². The van der Waals surface area contributed by atoms with Crippen molar-refractivity contribution >= 4 is 33.3 Å². The summed E-state index contributed by atoms with van der Waals surface area (Å²) in [6, 6.07) is 1.81. The van der Waals surface area contributed by atoms with Crippen LogP contribution < -0.4 is 5.32 Å². The lowest BCUT2D eigenvalue weighted by molar-refractivity contribution is 0.000634. The van der Waals surface area contributed by atoms with Crippen molar-refractivity contribution in [2.75, 3.05) is 18.5 Å². The zero-order chi connectivity index (χ0) is 12.2. The van der Waals surface area contributed by atoms with Gasteiger partial charge in [0.25, 0.3) is 0 Å². The molecule has 1 rings (SSSR count). The first-order valence-corrected chi connectivity index (χ1v) is 6.30. The molecule has 0 spiro atoms. The van der Waals surface area contributed by atoms with Gasteiger partial charge in [0.15, 0.2) is 0 Å². The van der Waals surface area contributed by atoms with Crippen molar-refractivity contribution < 1.29 is 4.74 Å². The maximum absolute atomic E-state index is 5.81.